The van der Waals surface area contributed by atoms with E-state index < -0.39 is 0 Å². The van der Waals surface area contributed by atoms with Crippen LogP contribution >= 0.6 is 0 Å². The van der Waals surface area contributed by atoms with Gasteiger partial charge in [0, 0.05) is 56.3 Å². The lowest BCUT2D eigenvalue weighted by Gasteiger charge is -2.34. The van der Waals surface area contributed by atoms with E-state index in [2.05, 4.69) is 67.9 Å². The maximum Gasteiger partial charge on any atom is 0.246 e. The number of nitrogens with one attached hydrogen (secondary N) is 2. The minimum absolute atomic E-state index is 0.0134. The monoisotopic (exact) mass is 537 g/mol. The Morgan fingerprint density at radius 2 is 1.70 bits per heavy atom. The number of amides is 1. The Morgan fingerprint density at radius 1 is 0.950 bits per heavy atom. The molecule has 4 aromatic rings. The number of carbonyl (C=O) groups excluding carboxylic acids is 1. The molecule has 2 aliphatic rings. The second kappa shape index (κ2) is 11.4. The van der Waals surface area contributed by atoms with Crippen molar-refractivity contribution in [1.82, 2.24) is 29.3 Å². The molecule has 206 valence electrons. The molecule has 10 nitrogen and oxygen atoms in total. The Balaban J connectivity index is 1.29. The van der Waals surface area contributed by atoms with E-state index in [1.807, 2.05) is 35.2 Å². The number of rotatable bonds is 7. The summed E-state index contributed by atoms with van der Waals surface area (Å²) in [5.74, 6) is 1.13. The lowest BCUT2D eigenvalue weighted by molar-refractivity contribution is -0.127. The third-order valence-electron chi connectivity index (χ3n) is 7.70. The molecule has 40 heavy (non-hydrogen) atoms. The fourth-order valence-corrected chi connectivity index (χ4v) is 5.48. The molecular weight excluding hydrogens is 502 g/mol. The second-order valence-electron chi connectivity index (χ2n) is 10.4. The zero-order chi connectivity index (χ0) is 27.5. The molecule has 0 bridgehead atoms. The van der Waals surface area contributed by atoms with Gasteiger partial charge in [-0.2, -0.15) is 4.98 Å². The summed E-state index contributed by atoms with van der Waals surface area (Å²) >= 11 is 0. The second-order valence-corrected chi connectivity index (χ2v) is 10.4. The van der Waals surface area contributed by atoms with Crippen LogP contribution < -0.4 is 15.5 Å². The zero-order valence-corrected chi connectivity index (χ0v) is 22.8. The molecular formula is C30H35N9O. The standard InChI is InChI=1S/C30H35N9O/c1-3-27(40)38-15-7-10-25(21-38)39-28-26(34-30(39)33-22-8-5-4-6-9-22)20-31-29(35-28)32-23-11-13-24(14-12-23)37-18-16-36(2)17-19-37/h3-6,8-9,11-14,20,25H,1,7,10,15-19,21H2,2H3,(H,33,34)(H,31,32,35). The van der Waals surface area contributed by atoms with Crippen molar-refractivity contribution >= 4 is 46.0 Å². The van der Waals surface area contributed by atoms with Crippen LogP contribution in [-0.4, -0.2) is 81.5 Å². The van der Waals surface area contributed by atoms with Gasteiger partial charge in [-0.3, -0.25) is 9.36 Å². The van der Waals surface area contributed by atoms with Crippen LogP contribution in [0, 0.1) is 0 Å². The van der Waals surface area contributed by atoms with Crippen molar-refractivity contribution in [3.8, 4) is 0 Å². The molecule has 6 rings (SSSR count). The van der Waals surface area contributed by atoms with Crippen LogP contribution in [0.25, 0.3) is 11.2 Å². The molecule has 0 aliphatic carbocycles. The number of anilines is 5. The van der Waals surface area contributed by atoms with Gasteiger partial charge in [-0.05, 0) is 62.4 Å². The highest BCUT2D eigenvalue weighted by molar-refractivity contribution is 5.87. The number of fused-ring (bicyclic) bond motifs is 1. The molecule has 2 N–H and O–H groups in total. The van der Waals surface area contributed by atoms with Gasteiger partial charge in [0.25, 0.3) is 0 Å². The third-order valence-corrected chi connectivity index (χ3v) is 7.70. The predicted octanol–water partition coefficient (Wildman–Crippen LogP) is 4.41. The number of piperidine rings is 1. The summed E-state index contributed by atoms with van der Waals surface area (Å²) < 4.78 is 2.12. The van der Waals surface area contributed by atoms with E-state index in [1.54, 1.807) is 6.20 Å². The van der Waals surface area contributed by atoms with Crippen molar-refractivity contribution in [2.45, 2.75) is 18.9 Å². The Kier molecular flexibility index (Phi) is 7.33. The minimum atomic E-state index is -0.0521. The number of benzene rings is 2. The quantitative estimate of drug-likeness (QED) is 0.335. The van der Waals surface area contributed by atoms with Gasteiger partial charge < -0.3 is 25.3 Å². The number of nitrogens with zero attached hydrogens (tertiary/aromatic N) is 7. The first-order valence-electron chi connectivity index (χ1n) is 13.9. The van der Waals surface area contributed by atoms with Crippen LogP contribution in [0.1, 0.15) is 18.9 Å². The van der Waals surface area contributed by atoms with Crippen LogP contribution in [-0.2, 0) is 4.79 Å². The molecule has 2 fully saturated rings. The van der Waals surface area contributed by atoms with E-state index >= 15 is 0 Å². The molecule has 10 heteroatoms. The molecule has 2 aromatic carbocycles. The van der Waals surface area contributed by atoms with Crippen LogP contribution in [0.15, 0.2) is 73.4 Å². The van der Waals surface area contributed by atoms with Crippen molar-refractivity contribution in [2.75, 3.05) is 61.8 Å². The number of likely N-dealkylation sites (N-methyl/N-ethyl adjacent to an activating group) is 1. The number of hydrogen-bond donors (Lipinski definition) is 2. The van der Waals surface area contributed by atoms with Gasteiger partial charge in [0.05, 0.1) is 12.2 Å². The molecule has 1 atom stereocenters. The van der Waals surface area contributed by atoms with Gasteiger partial charge >= 0.3 is 0 Å². The fourth-order valence-electron chi connectivity index (χ4n) is 5.48. The smallest absolute Gasteiger partial charge is 0.246 e. The molecule has 2 saturated heterocycles. The first kappa shape index (κ1) is 25.8. The van der Waals surface area contributed by atoms with E-state index in [0.717, 1.165) is 62.6 Å². The number of carbonyl (C=O) groups is 1. The van der Waals surface area contributed by atoms with Gasteiger partial charge in [0.1, 0.15) is 5.52 Å². The Morgan fingerprint density at radius 3 is 2.45 bits per heavy atom. The van der Waals surface area contributed by atoms with Crippen LogP contribution in [0.3, 0.4) is 0 Å². The van der Waals surface area contributed by atoms with E-state index in [4.69, 9.17) is 9.97 Å². The highest BCUT2D eigenvalue weighted by Gasteiger charge is 2.28. The van der Waals surface area contributed by atoms with E-state index in [9.17, 15) is 4.79 Å². The third kappa shape index (κ3) is 5.48. The average Bonchev–Trinajstić information content (AvgIpc) is 3.35. The fraction of sp³-hybridized carbons (Fsp3) is 0.333. The predicted molar refractivity (Wildman–Crippen MR) is 160 cm³/mol. The average molecular weight is 538 g/mol. The molecule has 4 heterocycles. The summed E-state index contributed by atoms with van der Waals surface area (Å²) in [6.07, 6.45) is 4.95. The summed E-state index contributed by atoms with van der Waals surface area (Å²) in [4.78, 5) is 33.4. The van der Waals surface area contributed by atoms with E-state index in [1.165, 1.54) is 11.8 Å². The van der Waals surface area contributed by atoms with Crippen molar-refractivity contribution in [1.29, 1.82) is 0 Å². The lowest BCUT2D eigenvalue weighted by Crippen LogP contribution is -2.44. The first-order chi connectivity index (χ1) is 19.6. The molecule has 0 spiro atoms. The number of aromatic nitrogens is 4. The number of para-hydroxylation sites is 1. The number of imidazole rings is 1. The van der Waals surface area contributed by atoms with Crippen LogP contribution in [0.5, 0.6) is 0 Å². The first-order valence-corrected chi connectivity index (χ1v) is 13.9. The molecule has 0 saturated carbocycles. The van der Waals surface area contributed by atoms with Crippen molar-refractivity contribution in [2.24, 2.45) is 0 Å². The Bertz CT molecular complexity index is 1480. The number of hydrogen-bond acceptors (Lipinski definition) is 8. The molecule has 0 radical (unpaired) electrons. The molecule has 2 aliphatic heterocycles. The van der Waals surface area contributed by atoms with Gasteiger partial charge in [-0.25, -0.2) is 9.97 Å². The van der Waals surface area contributed by atoms with Gasteiger partial charge in [-0.15, -0.1) is 0 Å². The summed E-state index contributed by atoms with van der Waals surface area (Å²) in [6, 6.07) is 18.4. The van der Waals surface area contributed by atoms with Crippen LogP contribution in [0.4, 0.5) is 29.0 Å². The lowest BCUT2D eigenvalue weighted by atomic mass is 10.1. The topological polar surface area (TPSA) is 94.4 Å². The number of likely N-dealkylation sites (tertiary alicyclic amines) is 1. The normalized spacial score (nSPS) is 18.1. The van der Waals surface area contributed by atoms with Crippen molar-refractivity contribution in [3.63, 3.8) is 0 Å². The molecule has 1 unspecified atom stereocenters. The summed E-state index contributed by atoms with van der Waals surface area (Å²) in [5.41, 5.74) is 4.50. The van der Waals surface area contributed by atoms with Gasteiger partial charge in [0.2, 0.25) is 17.8 Å². The summed E-state index contributed by atoms with van der Waals surface area (Å²) in [7, 11) is 2.17. The van der Waals surface area contributed by atoms with E-state index in [-0.39, 0.29) is 11.9 Å². The Labute approximate surface area is 234 Å². The maximum atomic E-state index is 12.4. The molecule has 2 aromatic heterocycles. The van der Waals surface area contributed by atoms with Gasteiger partial charge in [-0.1, -0.05) is 24.8 Å². The largest absolute Gasteiger partial charge is 0.369 e. The minimum Gasteiger partial charge on any atom is -0.369 e. The summed E-state index contributed by atoms with van der Waals surface area (Å²) in [5, 5.41) is 6.83. The number of piperazine rings is 1. The SMILES string of the molecule is C=CC(=O)N1CCCC(n2c(Nc3ccccc3)nc3cnc(Nc4ccc(N5CCN(C)CC5)cc4)nc32)C1. The highest BCUT2D eigenvalue weighted by Crippen LogP contribution is 2.32. The van der Waals surface area contributed by atoms with Crippen LogP contribution in [0.2, 0.25) is 0 Å². The maximum absolute atomic E-state index is 12.4. The van der Waals surface area contributed by atoms with Crippen molar-refractivity contribution < 1.29 is 4.79 Å². The molecule has 1 amide bonds. The highest BCUT2D eigenvalue weighted by atomic mass is 16.2. The van der Waals surface area contributed by atoms with E-state index in [0.29, 0.717) is 24.0 Å². The van der Waals surface area contributed by atoms with Crippen molar-refractivity contribution in [3.05, 3.63) is 73.4 Å². The summed E-state index contributed by atoms with van der Waals surface area (Å²) in [6.45, 7) is 9.18. The van der Waals surface area contributed by atoms with Gasteiger partial charge in [0.15, 0.2) is 5.65 Å². The zero-order valence-electron chi connectivity index (χ0n) is 22.8. The Hall–Kier alpha value is -4.44.